The molecule has 0 unspecified atom stereocenters. The Hall–Kier alpha value is -3.05. The lowest BCUT2D eigenvalue weighted by Crippen LogP contribution is -2.33. The van der Waals surface area contributed by atoms with Gasteiger partial charge in [0.2, 0.25) is 6.23 Å². The zero-order valence-electron chi connectivity index (χ0n) is 15.7. The first-order chi connectivity index (χ1) is 14.1. The van der Waals surface area contributed by atoms with Crippen molar-refractivity contribution in [2.24, 2.45) is 5.10 Å². The molecule has 0 N–H and O–H groups in total. The predicted octanol–water partition coefficient (Wildman–Crippen LogP) is 5.73. The molecule has 3 aromatic carbocycles. The van der Waals surface area contributed by atoms with Gasteiger partial charge in [0.15, 0.2) is 0 Å². The molecule has 0 fully saturated rings. The van der Waals surface area contributed by atoms with Crippen LogP contribution in [0, 0.1) is 5.82 Å². The molecular weight excluding hydrogens is 391 g/mol. The maximum Gasteiger partial charge on any atom is 0.214 e. The van der Waals surface area contributed by atoms with Crippen LogP contribution in [0.15, 0.2) is 71.8 Å². The van der Waals surface area contributed by atoms with Crippen molar-refractivity contribution in [3.05, 3.63) is 94.3 Å². The standard InChI is InChI=1S/C23H18ClFN2O2/c1-28-18-4-2-3-15(11-18)23-27-21(19-12-16(24)7-10-22(19)29-23)13-20(26-27)14-5-8-17(25)9-6-14/h2-12,21,23H,13H2,1H3/t21-,23+/m0/s1. The number of halogens is 2. The van der Waals surface area contributed by atoms with Crippen molar-refractivity contribution in [2.75, 3.05) is 7.11 Å². The van der Waals surface area contributed by atoms with Gasteiger partial charge in [-0.05, 0) is 48.0 Å². The largest absolute Gasteiger partial charge is 0.497 e. The zero-order chi connectivity index (χ0) is 20.0. The van der Waals surface area contributed by atoms with Crippen LogP contribution in [0.3, 0.4) is 0 Å². The van der Waals surface area contributed by atoms with Gasteiger partial charge in [-0.15, -0.1) is 0 Å². The summed E-state index contributed by atoms with van der Waals surface area (Å²) in [6.07, 6.45) is 0.282. The highest BCUT2D eigenvalue weighted by Gasteiger charge is 2.41. The summed E-state index contributed by atoms with van der Waals surface area (Å²) in [5, 5.41) is 7.49. The van der Waals surface area contributed by atoms with Gasteiger partial charge in [0.1, 0.15) is 17.3 Å². The van der Waals surface area contributed by atoms with E-state index in [0.29, 0.717) is 11.4 Å². The smallest absolute Gasteiger partial charge is 0.214 e. The molecule has 0 radical (unpaired) electrons. The second kappa shape index (κ2) is 7.08. The number of hydrogen-bond acceptors (Lipinski definition) is 4. The fourth-order valence-electron chi connectivity index (χ4n) is 3.89. The number of methoxy groups -OCH3 is 1. The molecule has 0 saturated heterocycles. The topological polar surface area (TPSA) is 34.1 Å². The molecule has 3 aromatic rings. The second-order valence-corrected chi connectivity index (χ2v) is 7.52. The molecule has 0 spiro atoms. The Morgan fingerprint density at radius 2 is 1.93 bits per heavy atom. The van der Waals surface area contributed by atoms with Crippen molar-refractivity contribution >= 4 is 17.3 Å². The summed E-state index contributed by atoms with van der Waals surface area (Å²) < 4.78 is 25.1. The van der Waals surface area contributed by atoms with Gasteiger partial charge < -0.3 is 9.47 Å². The highest BCUT2D eigenvalue weighted by Crippen LogP contribution is 2.48. The van der Waals surface area contributed by atoms with E-state index in [9.17, 15) is 4.39 Å². The van der Waals surface area contributed by atoms with Crippen molar-refractivity contribution in [3.8, 4) is 11.5 Å². The Balaban J connectivity index is 1.60. The van der Waals surface area contributed by atoms with E-state index in [0.717, 1.165) is 33.9 Å². The molecule has 0 saturated carbocycles. The summed E-state index contributed by atoms with van der Waals surface area (Å²) in [6.45, 7) is 0. The molecule has 2 heterocycles. The first-order valence-electron chi connectivity index (χ1n) is 9.34. The third kappa shape index (κ3) is 3.21. The van der Waals surface area contributed by atoms with Crippen molar-refractivity contribution in [2.45, 2.75) is 18.7 Å². The van der Waals surface area contributed by atoms with E-state index in [4.69, 9.17) is 26.2 Å². The van der Waals surface area contributed by atoms with Gasteiger partial charge in [-0.3, -0.25) is 0 Å². The third-order valence-electron chi connectivity index (χ3n) is 5.31. The molecule has 0 amide bonds. The number of hydrogen-bond donors (Lipinski definition) is 0. The van der Waals surface area contributed by atoms with Crippen molar-refractivity contribution in [1.82, 2.24) is 5.01 Å². The minimum atomic E-state index is -0.401. The van der Waals surface area contributed by atoms with Crippen molar-refractivity contribution in [3.63, 3.8) is 0 Å². The number of ether oxygens (including phenoxy) is 2. The summed E-state index contributed by atoms with van der Waals surface area (Å²) in [6, 6.07) is 19.8. The first kappa shape index (κ1) is 18.0. The van der Waals surface area contributed by atoms with Gasteiger partial charge in [0.25, 0.3) is 0 Å². The first-order valence-corrected chi connectivity index (χ1v) is 9.72. The molecule has 0 bridgehead atoms. The van der Waals surface area contributed by atoms with Crippen molar-refractivity contribution in [1.29, 1.82) is 0 Å². The van der Waals surface area contributed by atoms with Gasteiger partial charge in [-0.2, -0.15) is 5.10 Å². The number of benzene rings is 3. The van der Waals surface area contributed by atoms with Crippen molar-refractivity contribution < 1.29 is 13.9 Å². The fraction of sp³-hybridized carbons (Fsp3) is 0.174. The molecule has 0 aromatic heterocycles. The molecule has 0 aliphatic carbocycles. The lowest BCUT2D eigenvalue weighted by atomic mass is 9.96. The molecule has 2 aliphatic rings. The number of hydrazone groups is 1. The minimum absolute atomic E-state index is 0.0197. The Morgan fingerprint density at radius 1 is 1.10 bits per heavy atom. The minimum Gasteiger partial charge on any atom is -0.497 e. The molecule has 6 heteroatoms. The summed E-state index contributed by atoms with van der Waals surface area (Å²) in [4.78, 5) is 0. The second-order valence-electron chi connectivity index (χ2n) is 7.08. The van der Waals surface area contributed by atoms with Gasteiger partial charge in [-0.1, -0.05) is 35.9 Å². The summed E-state index contributed by atoms with van der Waals surface area (Å²) in [7, 11) is 1.64. The monoisotopic (exact) mass is 408 g/mol. The van der Waals surface area contributed by atoms with Crippen LogP contribution in [0.25, 0.3) is 0 Å². The van der Waals surface area contributed by atoms with Crippen LogP contribution in [0.2, 0.25) is 5.02 Å². The van der Waals surface area contributed by atoms with Gasteiger partial charge >= 0.3 is 0 Å². The lowest BCUT2D eigenvalue weighted by molar-refractivity contribution is -0.0191. The maximum atomic E-state index is 13.4. The molecule has 5 rings (SSSR count). The molecule has 146 valence electrons. The van der Waals surface area contributed by atoms with E-state index in [1.54, 1.807) is 19.2 Å². The highest BCUT2D eigenvalue weighted by molar-refractivity contribution is 6.30. The molecule has 2 atom stereocenters. The predicted molar refractivity (Wildman–Crippen MR) is 110 cm³/mol. The SMILES string of the molecule is COc1cccc([C@H]2Oc3ccc(Cl)cc3[C@@H]3CC(c4ccc(F)cc4)=NN23)c1. The van der Waals surface area contributed by atoms with Crippen LogP contribution in [-0.4, -0.2) is 17.8 Å². The lowest BCUT2D eigenvalue weighted by Gasteiger charge is -2.38. The van der Waals surface area contributed by atoms with Crippen LogP contribution in [0.5, 0.6) is 11.5 Å². The van der Waals surface area contributed by atoms with Gasteiger partial charge in [-0.25, -0.2) is 9.40 Å². The van der Waals surface area contributed by atoms with E-state index in [-0.39, 0.29) is 11.9 Å². The summed E-state index contributed by atoms with van der Waals surface area (Å²) >= 11 is 6.26. The van der Waals surface area contributed by atoms with E-state index in [1.807, 2.05) is 47.5 Å². The van der Waals surface area contributed by atoms with Crippen LogP contribution < -0.4 is 9.47 Å². The number of nitrogens with zero attached hydrogens (tertiary/aromatic N) is 2. The van der Waals surface area contributed by atoms with Crippen LogP contribution in [-0.2, 0) is 0 Å². The molecule has 29 heavy (non-hydrogen) atoms. The van der Waals surface area contributed by atoms with Crippen LogP contribution in [0.4, 0.5) is 4.39 Å². The Kier molecular flexibility index (Phi) is 4.40. The average molecular weight is 409 g/mol. The van der Waals surface area contributed by atoms with Gasteiger partial charge in [0, 0.05) is 22.6 Å². The molecule has 4 nitrogen and oxygen atoms in total. The van der Waals surface area contributed by atoms with Crippen LogP contribution >= 0.6 is 11.6 Å². The zero-order valence-corrected chi connectivity index (χ0v) is 16.4. The van der Waals surface area contributed by atoms with Gasteiger partial charge in [0.05, 0.1) is 18.9 Å². The Morgan fingerprint density at radius 3 is 2.72 bits per heavy atom. The fourth-order valence-corrected chi connectivity index (χ4v) is 4.07. The highest BCUT2D eigenvalue weighted by atomic mass is 35.5. The average Bonchev–Trinajstić information content (AvgIpc) is 3.19. The van der Waals surface area contributed by atoms with E-state index < -0.39 is 6.23 Å². The number of fused-ring (bicyclic) bond motifs is 3. The summed E-state index contributed by atoms with van der Waals surface area (Å²) in [5.74, 6) is 1.28. The van der Waals surface area contributed by atoms with E-state index >= 15 is 0 Å². The molecule has 2 aliphatic heterocycles. The Bertz CT molecular complexity index is 1100. The maximum absolute atomic E-state index is 13.4. The quantitative estimate of drug-likeness (QED) is 0.555. The van der Waals surface area contributed by atoms with E-state index in [1.165, 1.54) is 12.1 Å². The third-order valence-corrected chi connectivity index (χ3v) is 5.54. The van der Waals surface area contributed by atoms with E-state index in [2.05, 4.69) is 0 Å². The summed E-state index contributed by atoms with van der Waals surface area (Å²) in [5.41, 5.74) is 3.73. The number of rotatable bonds is 3. The molecular formula is C23H18ClFN2O2. The Labute approximate surface area is 173 Å². The normalized spacial score (nSPS) is 19.8. The van der Waals surface area contributed by atoms with Crippen LogP contribution in [0.1, 0.15) is 35.4 Å².